The van der Waals surface area contributed by atoms with Gasteiger partial charge in [0, 0.05) is 34.3 Å². The van der Waals surface area contributed by atoms with Gasteiger partial charge in [0.1, 0.15) is 17.7 Å². The summed E-state index contributed by atoms with van der Waals surface area (Å²) in [7, 11) is 0. The molecule has 0 saturated heterocycles. The topological polar surface area (TPSA) is 58.5 Å². The fourth-order valence-electron chi connectivity index (χ4n) is 3.74. The van der Waals surface area contributed by atoms with E-state index in [0.29, 0.717) is 22.6 Å². The SMILES string of the molecule is O=C(Nc1cccc2c[nH+]ccc12)C1=C2C=CC=CN2C(c2ccccc2F)N1. The summed E-state index contributed by atoms with van der Waals surface area (Å²) < 4.78 is 14.4. The van der Waals surface area contributed by atoms with Gasteiger partial charge in [0.25, 0.3) is 5.91 Å². The predicted molar refractivity (Wildman–Crippen MR) is 109 cm³/mol. The quantitative estimate of drug-likeness (QED) is 0.724. The summed E-state index contributed by atoms with van der Waals surface area (Å²) in [5, 5.41) is 8.13. The Morgan fingerprint density at radius 3 is 2.90 bits per heavy atom. The number of allylic oxidation sites excluding steroid dienone is 3. The van der Waals surface area contributed by atoms with Crippen molar-refractivity contribution in [2.75, 3.05) is 5.32 Å². The number of nitrogens with zero attached hydrogens (tertiary/aromatic N) is 1. The smallest absolute Gasteiger partial charge is 0.273 e. The Hall–Kier alpha value is -3.93. The van der Waals surface area contributed by atoms with Crippen LogP contribution < -0.4 is 15.6 Å². The molecule has 1 atom stereocenters. The number of benzene rings is 2. The Morgan fingerprint density at radius 1 is 1.10 bits per heavy atom. The number of nitrogens with one attached hydrogen (secondary N) is 3. The zero-order valence-corrected chi connectivity index (χ0v) is 15.4. The Balaban J connectivity index is 1.50. The number of amides is 1. The number of fused-ring (bicyclic) bond motifs is 2. The van der Waals surface area contributed by atoms with E-state index in [9.17, 15) is 9.18 Å². The fraction of sp³-hybridized carbons (Fsp3) is 0.0435. The molecule has 5 nitrogen and oxygen atoms in total. The van der Waals surface area contributed by atoms with Gasteiger partial charge in [0.15, 0.2) is 12.4 Å². The molecule has 3 aromatic rings. The molecule has 0 fully saturated rings. The highest BCUT2D eigenvalue weighted by molar-refractivity contribution is 6.09. The largest absolute Gasteiger partial charge is 0.355 e. The zero-order chi connectivity index (χ0) is 19.8. The number of pyridine rings is 1. The van der Waals surface area contributed by atoms with Crippen molar-refractivity contribution in [1.29, 1.82) is 0 Å². The van der Waals surface area contributed by atoms with Crippen molar-refractivity contribution < 1.29 is 14.2 Å². The molecular formula is C23H18FN4O+. The first-order valence-corrected chi connectivity index (χ1v) is 9.31. The summed E-state index contributed by atoms with van der Waals surface area (Å²) in [6.07, 6.45) is 10.6. The van der Waals surface area contributed by atoms with Crippen LogP contribution in [0.5, 0.6) is 0 Å². The third kappa shape index (κ3) is 2.95. The van der Waals surface area contributed by atoms with Crippen molar-refractivity contribution in [3.05, 3.63) is 108 Å². The molecule has 1 aromatic heterocycles. The van der Waals surface area contributed by atoms with Crippen molar-refractivity contribution in [2.45, 2.75) is 6.17 Å². The molecule has 2 aromatic carbocycles. The predicted octanol–water partition coefficient (Wildman–Crippen LogP) is 3.63. The molecule has 0 spiro atoms. The summed E-state index contributed by atoms with van der Waals surface area (Å²) in [4.78, 5) is 18.1. The van der Waals surface area contributed by atoms with Crippen molar-refractivity contribution in [3.63, 3.8) is 0 Å². The van der Waals surface area contributed by atoms with Crippen LogP contribution in [0.4, 0.5) is 10.1 Å². The van der Waals surface area contributed by atoms with Gasteiger partial charge in [-0.3, -0.25) is 4.79 Å². The average Bonchev–Trinajstić information content (AvgIpc) is 3.14. The van der Waals surface area contributed by atoms with E-state index in [1.54, 1.807) is 18.2 Å². The number of H-pyrrole nitrogens is 1. The van der Waals surface area contributed by atoms with E-state index in [1.165, 1.54) is 6.07 Å². The first-order valence-electron chi connectivity index (χ1n) is 9.31. The number of aromatic nitrogens is 1. The summed E-state index contributed by atoms with van der Waals surface area (Å²) in [6.45, 7) is 0. The second-order valence-electron chi connectivity index (χ2n) is 6.84. The highest BCUT2D eigenvalue weighted by Crippen LogP contribution is 2.35. The molecule has 1 unspecified atom stereocenters. The van der Waals surface area contributed by atoms with E-state index in [1.807, 2.05) is 66.0 Å². The molecule has 0 radical (unpaired) electrons. The van der Waals surface area contributed by atoms with E-state index >= 15 is 0 Å². The van der Waals surface area contributed by atoms with E-state index in [-0.39, 0.29) is 11.7 Å². The lowest BCUT2D eigenvalue weighted by Gasteiger charge is -2.26. The Morgan fingerprint density at radius 2 is 2.00 bits per heavy atom. The van der Waals surface area contributed by atoms with Crippen molar-refractivity contribution in [1.82, 2.24) is 10.2 Å². The fourth-order valence-corrected chi connectivity index (χ4v) is 3.74. The first kappa shape index (κ1) is 17.2. The standard InChI is InChI=1S/C23H17FN4O/c24-18-8-2-1-7-17(18)22-27-21(20-10-3-4-13-28(20)22)23(29)26-19-9-5-6-15-14-25-12-11-16(15)19/h1-14,22,27H,(H,26,29)/p+1. The summed E-state index contributed by atoms with van der Waals surface area (Å²) in [6, 6.07) is 14.2. The summed E-state index contributed by atoms with van der Waals surface area (Å²) >= 11 is 0. The van der Waals surface area contributed by atoms with Crippen LogP contribution in [0.2, 0.25) is 0 Å². The highest BCUT2D eigenvalue weighted by Gasteiger charge is 2.35. The van der Waals surface area contributed by atoms with Gasteiger partial charge in [-0.25, -0.2) is 9.37 Å². The van der Waals surface area contributed by atoms with Gasteiger partial charge in [-0.05, 0) is 30.4 Å². The van der Waals surface area contributed by atoms with E-state index in [2.05, 4.69) is 15.6 Å². The van der Waals surface area contributed by atoms with Gasteiger partial charge in [0.05, 0.1) is 5.70 Å². The summed E-state index contributed by atoms with van der Waals surface area (Å²) in [5.41, 5.74) is 2.30. The van der Waals surface area contributed by atoms with E-state index in [0.717, 1.165) is 10.8 Å². The minimum Gasteiger partial charge on any atom is -0.355 e. The maximum absolute atomic E-state index is 14.4. The monoisotopic (exact) mass is 385 g/mol. The molecule has 2 aliphatic rings. The van der Waals surface area contributed by atoms with Gasteiger partial charge in [0.2, 0.25) is 0 Å². The van der Waals surface area contributed by atoms with Crippen molar-refractivity contribution in [2.24, 2.45) is 0 Å². The highest BCUT2D eigenvalue weighted by atomic mass is 19.1. The van der Waals surface area contributed by atoms with Crippen LogP contribution in [0.3, 0.4) is 0 Å². The summed E-state index contributed by atoms with van der Waals surface area (Å²) in [5.74, 6) is -0.594. The second kappa shape index (κ2) is 6.91. The zero-order valence-electron chi connectivity index (χ0n) is 15.4. The maximum Gasteiger partial charge on any atom is 0.273 e. The van der Waals surface area contributed by atoms with Crippen LogP contribution >= 0.6 is 0 Å². The van der Waals surface area contributed by atoms with Crippen LogP contribution in [0.25, 0.3) is 10.8 Å². The third-order valence-corrected chi connectivity index (χ3v) is 5.11. The molecule has 29 heavy (non-hydrogen) atoms. The van der Waals surface area contributed by atoms with E-state index in [4.69, 9.17) is 0 Å². The van der Waals surface area contributed by atoms with E-state index < -0.39 is 6.17 Å². The number of rotatable bonds is 3. The lowest BCUT2D eigenvalue weighted by Crippen LogP contribution is -2.29. The number of carbonyl (C=O) groups is 1. The maximum atomic E-state index is 14.4. The molecule has 2 aliphatic heterocycles. The minimum atomic E-state index is -0.490. The molecule has 3 heterocycles. The second-order valence-corrected chi connectivity index (χ2v) is 6.84. The van der Waals surface area contributed by atoms with Crippen LogP contribution in [0.15, 0.2) is 96.7 Å². The Kier molecular flexibility index (Phi) is 4.09. The lowest BCUT2D eigenvalue weighted by molar-refractivity contribution is -0.375. The number of hydrogen-bond donors (Lipinski definition) is 2. The lowest BCUT2D eigenvalue weighted by atomic mass is 10.1. The number of carbonyl (C=O) groups excluding carboxylic acids is 1. The molecule has 0 bridgehead atoms. The molecule has 6 heteroatoms. The first-order chi connectivity index (χ1) is 14.2. The normalized spacial score (nSPS) is 17.4. The molecule has 0 aliphatic carbocycles. The molecular weight excluding hydrogens is 367 g/mol. The van der Waals surface area contributed by atoms with Gasteiger partial charge in [-0.2, -0.15) is 0 Å². The van der Waals surface area contributed by atoms with Gasteiger partial charge < -0.3 is 15.5 Å². The molecule has 142 valence electrons. The molecule has 5 rings (SSSR count). The Labute approximate surface area is 166 Å². The number of halogens is 1. The van der Waals surface area contributed by atoms with Crippen LogP contribution in [0, 0.1) is 5.82 Å². The van der Waals surface area contributed by atoms with Crippen molar-refractivity contribution >= 4 is 22.4 Å². The molecule has 0 saturated carbocycles. The van der Waals surface area contributed by atoms with Gasteiger partial charge in [-0.15, -0.1) is 0 Å². The average molecular weight is 385 g/mol. The number of anilines is 1. The van der Waals surface area contributed by atoms with Crippen molar-refractivity contribution in [3.8, 4) is 0 Å². The molecule has 1 amide bonds. The Bertz CT molecular complexity index is 1210. The van der Waals surface area contributed by atoms with Crippen LogP contribution in [0.1, 0.15) is 11.7 Å². The van der Waals surface area contributed by atoms with Crippen LogP contribution in [-0.4, -0.2) is 10.8 Å². The van der Waals surface area contributed by atoms with Gasteiger partial charge in [-0.1, -0.05) is 30.3 Å². The number of hydrogen-bond acceptors (Lipinski definition) is 3. The number of aromatic amines is 1. The van der Waals surface area contributed by atoms with Crippen LogP contribution in [-0.2, 0) is 4.79 Å². The third-order valence-electron chi connectivity index (χ3n) is 5.11. The van der Waals surface area contributed by atoms with Gasteiger partial charge >= 0.3 is 0 Å². The molecule has 3 N–H and O–H groups in total. The minimum absolute atomic E-state index is 0.274.